The van der Waals surface area contributed by atoms with Crippen molar-refractivity contribution in [2.45, 2.75) is 20.3 Å². The van der Waals surface area contributed by atoms with Crippen LogP contribution in [0.5, 0.6) is 5.75 Å². The lowest BCUT2D eigenvalue weighted by Crippen LogP contribution is -2.26. The Bertz CT molecular complexity index is 1120. The molecule has 0 amide bonds. The number of nitrogens with zero attached hydrogens (tertiary/aromatic N) is 6. The minimum Gasteiger partial charge on any atom is -0.494 e. The number of hydrogen-bond acceptors (Lipinski definition) is 9. The van der Waals surface area contributed by atoms with Crippen LogP contribution < -0.4 is 9.64 Å². The third kappa shape index (κ3) is 7.19. The maximum absolute atomic E-state index is 11.6. The molecule has 3 rings (SSSR count). The first-order valence-corrected chi connectivity index (χ1v) is 11.0. The number of benzene rings is 2. The predicted molar refractivity (Wildman–Crippen MR) is 131 cm³/mol. The molecule has 34 heavy (non-hydrogen) atoms. The second-order valence-corrected chi connectivity index (χ2v) is 7.11. The highest BCUT2D eigenvalue weighted by atomic mass is 16.5. The van der Waals surface area contributed by atoms with Crippen molar-refractivity contribution in [3.8, 4) is 5.75 Å². The summed E-state index contributed by atoms with van der Waals surface area (Å²) < 4.78 is 10.4. The summed E-state index contributed by atoms with van der Waals surface area (Å²) in [4.78, 5) is 17.7. The smallest absolute Gasteiger partial charge is 0.307 e. The third-order valence-corrected chi connectivity index (χ3v) is 4.87. The molecule has 0 aliphatic heterocycles. The molecule has 1 aromatic heterocycles. The van der Waals surface area contributed by atoms with Gasteiger partial charge in [0.1, 0.15) is 11.4 Å². The van der Waals surface area contributed by atoms with Gasteiger partial charge in [0.15, 0.2) is 0 Å². The molecule has 0 saturated carbocycles. The van der Waals surface area contributed by atoms with Crippen molar-refractivity contribution in [1.82, 2.24) is 4.98 Å². The van der Waals surface area contributed by atoms with E-state index in [4.69, 9.17) is 9.47 Å². The Morgan fingerprint density at radius 1 is 0.882 bits per heavy atom. The first kappa shape index (κ1) is 24.5. The number of carbonyl (C=O) groups excluding carboxylic acids is 1. The van der Waals surface area contributed by atoms with Gasteiger partial charge in [-0.15, -0.1) is 5.11 Å². The standard InChI is InChI=1S/C25H28N6O3/c1-4-31(17-14-25(32)34-5-2)22-9-6-19(7-10-22)27-29-21-8-11-23(24(18-21)33-3)30-28-20-12-15-26-16-13-20/h6-13,15-16,18H,4-5,14,17H2,1-3H3/b29-27+,30-28+. The van der Waals surface area contributed by atoms with E-state index in [2.05, 4.69) is 30.3 Å². The van der Waals surface area contributed by atoms with Crippen LogP contribution in [0.15, 0.2) is 87.4 Å². The molecule has 0 aliphatic carbocycles. The van der Waals surface area contributed by atoms with Crippen molar-refractivity contribution in [2.24, 2.45) is 20.5 Å². The van der Waals surface area contributed by atoms with Gasteiger partial charge in [-0.1, -0.05) is 0 Å². The highest BCUT2D eigenvalue weighted by Gasteiger charge is 2.09. The van der Waals surface area contributed by atoms with Crippen LogP contribution >= 0.6 is 0 Å². The van der Waals surface area contributed by atoms with Crippen LogP contribution in [0.4, 0.5) is 28.4 Å². The first-order chi connectivity index (χ1) is 16.6. The average molecular weight is 461 g/mol. The number of methoxy groups -OCH3 is 1. The van der Waals surface area contributed by atoms with E-state index in [0.29, 0.717) is 48.1 Å². The molecule has 0 fully saturated rings. The zero-order valence-corrected chi connectivity index (χ0v) is 19.6. The lowest BCUT2D eigenvalue weighted by molar-refractivity contribution is -0.142. The number of esters is 1. The van der Waals surface area contributed by atoms with Crippen molar-refractivity contribution >= 4 is 34.4 Å². The van der Waals surface area contributed by atoms with Gasteiger partial charge >= 0.3 is 5.97 Å². The van der Waals surface area contributed by atoms with Crippen LogP contribution in [0.1, 0.15) is 20.3 Å². The molecule has 0 N–H and O–H groups in total. The fraction of sp³-hybridized carbons (Fsp3) is 0.280. The van der Waals surface area contributed by atoms with Gasteiger partial charge in [0.05, 0.1) is 37.2 Å². The quantitative estimate of drug-likeness (QED) is 0.234. The Hall–Kier alpha value is -4.14. The van der Waals surface area contributed by atoms with E-state index in [0.717, 1.165) is 12.2 Å². The van der Waals surface area contributed by atoms with E-state index >= 15 is 0 Å². The number of rotatable bonds is 11. The van der Waals surface area contributed by atoms with Crippen molar-refractivity contribution in [3.63, 3.8) is 0 Å². The number of anilines is 1. The summed E-state index contributed by atoms with van der Waals surface area (Å²) in [6.45, 7) is 5.63. The van der Waals surface area contributed by atoms with Crippen LogP contribution in [0.2, 0.25) is 0 Å². The largest absolute Gasteiger partial charge is 0.494 e. The molecule has 0 aliphatic rings. The van der Waals surface area contributed by atoms with Gasteiger partial charge < -0.3 is 14.4 Å². The molecule has 0 bridgehead atoms. The van der Waals surface area contributed by atoms with Crippen molar-refractivity contribution in [3.05, 3.63) is 67.0 Å². The molecule has 0 atom stereocenters. The molecule has 0 unspecified atom stereocenters. The summed E-state index contributed by atoms with van der Waals surface area (Å²) in [5, 5.41) is 17.1. The molecule has 0 spiro atoms. The van der Waals surface area contributed by atoms with Crippen molar-refractivity contribution in [1.29, 1.82) is 0 Å². The predicted octanol–water partition coefficient (Wildman–Crippen LogP) is 6.70. The Morgan fingerprint density at radius 2 is 1.53 bits per heavy atom. The molecule has 0 radical (unpaired) electrons. The van der Waals surface area contributed by atoms with E-state index in [1.807, 2.05) is 38.1 Å². The molecular weight excluding hydrogens is 432 g/mol. The highest BCUT2D eigenvalue weighted by molar-refractivity contribution is 5.70. The van der Waals surface area contributed by atoms with Crippen molar-refractivity contribution < 1.29 is 14.3 Å². The van der Waals surface area contributed by atoms with Gasteiger partial charge in [-0.25, -0.2) is 0 Å². The van der Waals surface area contributed by atoms with Gasteiger partial charge in [0.25, 0.3) is 0 Å². The summed E-state index contributed by atoms with van der Waals surface area (Å²) in [7, 11) is 1.57. The van der Waals surface area contributed by atoms with E-state index in [1.165, 1.54) is 0 Å². The molecule has 3 aromatic rings. The average Bonchev–Trinajstić information content (AvgIpc) is 2.88. The zero-order chi connectivity index (χ0) is 24.2. The Morgan fingerprint density at radius 3 is 2.21 bits per heavy atom. The second kappa shape index (κ2) is 12.8. The first-order valence-electron chi connectivity index (χ1n) is 11.0. The number of pyridine rings is 1. The monoisotopic (exact) mass is 460 g/mol. The van der Waals surface area contributed by atoms with Crippen molar-refractivity contribution in [2.75, 3.05) is 31.7 Å². The molecule has 0 saturated heterocycles. The van der Waals surface area contributed by atoms with Gasteiger partial charge in [0, 0.05) is 37.2 Å². The number of hydrogen-bond donors (Lipinski definition) is 0. The minimum absolute atomic E-state index is 0.188. The van der Waals surface area contributed by atoms with Crippen LogP contribution in [-0.2, 0) is 9.53 Å². The molecule has 9 nitrogen and oxygen atoms in total. The van der Waals surface area contributed by atoms with E-state index < -0.39 is 0 Å². The normalized spacial score (nSPS) is 11.1. The highest BCUT2D eigenvalue weighted by Crippen LogP contribution is 2.33. The van der Waals surface area contributed by atoms with Crippen LogP contribution in [0.25, 0.3) is 0 Å². The maximum Gasteiger partial charge on any atom is 0.307 e. The summed E-state index contributed by atoms with van der Waals surface area (Å²) >= 11 is 0. The van der Waals surface area contributed by atoms with E-state index in [1.54, 1.807) is 49.8 Å². The fourth-order valence-electron chi connectivity index (χ4n) is 3.11. The molecule has 1 heterocycles. The van der Waals surface area contributed by atoms with Gasteiger partial charge in [0.2, 0.25) is 0 Å². The molecule has 176 valence electrons. The molecule has 9 heteroatoms. The summed E-state index contributed by atoms with van der Waals surface area (Å²) in [5.41, 5.74) is 3.65. The lowest BCUT2D eigenvalue weighted by atomic mass is 10.2. The molecule has 2 aromatic carbocycles. The number of carbonyl (C=O) groups is 1. The Kier molecular flexibility index (Phi) is 9.21. The maximum atomic E-state index is 11.6. The number of aromatic nitrogens is 1. The summed E-state index contributed by atoms with van der Waals surface area (Å²) in [6, 6.07) is 16.6. The van der Waals surface area contributed by atoms with E-state index in [9.17, 15) is 4.79 Å². The van der Waals surface area contributed by atoms with Crippen LogP contribution in [0.3, 0.4) is 0 Å². The van der Waals surface area contributed by atoms with Crippen LogP contribution in [0, 0.1) is 0 Å². The topological polar surface area (TPSA) is 101 Å². The molecular formula is C25H28N6O3. The summed E-state index contributed by atoms with van der Waals surface area (Å²) in [6.07, 6.45) is 3.67. The Labute approximate surface area is 199 Å². The van der Waals surface area contributed by atoms with Gasteiger partial charge in [-0.05, 0) is 62.4 Å². The van der Waals surface area contributed by atoms with E-state index in [-0.39, 0.29) is 5.97 Å². The minimum atomic E-state index is -0.188. The second-order valence-electron chi connectivity index (χ2n) is 7.11. The Balaban J connectivity index is 1.65. The number of ether oxygens (including phenoxy) is 2. The van der Waals surface area contributed by atoms with Gasteiger partial charge in [-0.2, -0.15) is 15.3 Å². The lowest BCUT2D eigenvalue weighted by Gasteiger charge is -2.22. The van der Waals surface area contributed by atoms with Crippen LogP contribution in [-0.4, -0.2) is 37.8 Å². The summed E-state index contributed by atoms with van der Waals surface area (Å²) in [5.74, 6) is 0.358. The third-order valence-electron chi connectivity index (χ3n) is 4.87. The van der Waals surface area contributed by atoms with Gasteiger partial charge in [-0.3, -0.25) is 9.78 Å². The number of azo groups is 2. The fourth-order valence-corrected chi connectivity index (χ4v) is 3.11. The zero-order valence-electron chi connectivity index (χ0n) is 19.6. The SMILES string of the molecule is CCOC(=O)CCN(CC)c1ccc(/N=N/c2ccc(/N=N/c3ccncc3)c(OC)c2)cc1.